The predicted octanol–water partition coefficient (Wildman–Crippen LogP) is -0.273. The molecule has 0 spiro atoms. The van der Waals surface area contributed by atoms with Crippen LogP contribution in [-0.2, 0) is 7.05 Å². The van der Waals surface area contributed by atoms with Crippen LogP contribution < -0.4 is 11.2 Å². The number of aryl methyl sites for hydroxylation is 1. The van der Waals surface area contributed by atoms with E-state index in [-0.39, 0.29) is 5.02 Å². The summed E-state index contributed by atoms with van der Waals surface area (Å²) in [6, 6.07) is 0. The molecule has 0 unspecified atom stereocenters. The molecule has 0 aliphatic heterocycles. The highest BCUT2D eigenvalue weighted by Crippen LogP contribution is 1.92. The molecule has 0 aliphatic carbocycles. The lowest BCUT2D eigenvalue weighted by Gasteiger charge is -1.93. The minimum absolute atomic E-state index is 0.0158. The van der Waals surface area contributed by atoms with Gasteiger partial charge in [0.2, 0.25) is 0 Å². The summed E-state index contributed by atoms with van der Waals surface area (Å²) >= 11 is 5.38. The Labute approximate surface area is 61.1 Å². The second-order valence-corrected chi connectivity index (χ2v) is 2.25. The van der Waals surface area contributed by atoms with Crippen LogP contribution >= 0.6 is 11.6 Å². The molecule has 54 valence electrons. The molecule has 0 atom stereocenters. The Morgan fingerprint density at radius 2 is 2.20 bits per heavy atom. The molecule has 5 heteroatoms. The maximum absolute atomic E-state index is 10.6. The molecule has 0 fully saturated rings. The van der Waals surface area contributed by atoms with Crippen LogP contribution in [0.5, 0.6) is 0 Å². The van der Waals surface area contributed by atoms with Crippen LogP contribution in [0.15, 0.2) is 15.8 Å². The number of hydrogen-bond acceptors (Lipinski definition) is 2. The zero-order chi connectivity index (χ0) is 7.72. The molecule has 0 aromatic carbocycles. The number of aromatic amines is 1. The second-order valence-electron chi connectivity index (χ2n) is 1.85. The summed E-state index contributed by atoms with van der Waals surface area (Å²) < 4.78 is 1.20. The zero-order valence-corrected chi connectivity index (χ0v) is 5.97. The molecule has 1 heterocycles. The van der Waals surface area contributed by atoms with E-state index >= 15 is 0 Å². The third-order valence-electron chi connectivity index (χ3n) is 1.06. The molecule has 0 radical (unpaired) electrons. The molecule has 1 aromatic heterocycles. The van der Waals surface area contributed by atoms with Gasteiger partial charge >= 0.3 is 5.69 Å². The summed E-state index contributed by atoms with van der Waals surface area (Å²) in [4.78, 5) is 23.3. The van der Waals surface area contributed by atoms with E-state index < -0.39 is 11.2 Å². The topological polar surface area (TPSA) is 54.9 Å². The summed E-state index contributed by atoms with van der Waals surface area (Å²) in [5, 5.41) is 0.0158. The van der Waals surface area contributed by atoms with Gasteiger partial charge in [0.1, 0.15) is 5.02 Å². The van der Waals surface area contributed by atoms with Crippen LogP contribution in [0.2, 0.25) is 5.02 Å². The van der Waals surface area contributed by atoms with E-state index in [2.05, 4.69) is 0 Å². The van der Waals surface area contributed by atoms with Crippen molar-refractivity contribution in [1.29, 1.82) is 0 Å². The van der Waals surface area contributed by atoms with Crippen molar-refractivity contribution in [1.82, 2.24) is 9.55 Å². The molecule has 0 saturated carbocycles. The van der Waals surface area contributed by atoms with E-state index in [1.807, 2.05) is 4.98 Å². The first-order valence-corrected chi connectivity index (χ1v) is 2.94. The van der Waals surface area contributed by atoms with E-state index in [4.69, 9.17) is 11.6 Å². The van der Waals surface area contributed by atoms with Gasteiger partial charge in [0, 0.05) is 13.2 Å². The van der Waals surface area contributed by atoms with E-state index in [0.717, 1.165) is 0 Å². The summed E-state index contributed by atoms with van der Waals surface area (Å²) in [6.07, 6.45) is 1.27. The third kappa shape index (κ3) is 1.11. The van der Waals surface area contributed by atoms with Crippen molar-refractivity contribution in [2.75, 3.05) is 0 Å². The van der Waals surface area contributed by atoms with Crippen LogP contribution in [0, 0.1) is 0 Å². The molecule has 1 rings (SSSR count). The van der Waals surface area contributed by atoms with Gasteiger partial charge in [-0.1, -0.05) is 11.6 Å². The van der Waals surface area contributed by atoms with Gasteiger partial charge < -0.3 is 4.57 Å². The van der Waals surface area contributed by atoms with Gasteiger partial charge in [-0.05, 0) is 0 Å². The number of halogens is 1. The first-order valence-electron chi connectivity index (χ1n) is 2.56. The van der Waals surface area contributed by atoms with Gasteiger partial charge in [-0.2, -0.15) is 0 Å². The van der Waals surface area contributed by atoms with Gasteiger partial charge in [0.15, 0.2) is 0 Å². The van der Waals surface area contributed by atoms with Crippen molar-refractivity contribution in [3.05, 3.63) is 32.1 Å². The number of nitrogens with zero attached hydrogens (tertiary/aromatic N) is 1. The lowest BCUT2D eigenvalue weighted by molar-refractivity contribution is 0.800. The quantitative estimate of drug-likeness (QED) is 0.568. The van der Waals surface area contributed by atoms with Gasteiger partial charge in [0.05, 0.1) is 0 Å². The van der Waals surface area contributed by atoms with Crippen molar-refractivity contribution in [2.45, 2.75) is 0 Å². The zero-order valence-electron chi connectivity index (χ0n) is 5.22. The van der Waals surface area contributed by atoms with Crippen molar-refractivity contribution in [3.8, 4) is 0 Å². The third-order valence-corrected chi connectivity index (χ3v) is 1.33. The molecule has 0 bridgehead atoms. The highest BCUT2D eigenvalue weighted by Gasteiger charge is 1.96. The minimum atomic E-state index is -0.551. The summed E-state index contributed by atoms with van der Waals surface area (Å²) in [6.45, 7) is 0. The number of rotatable bonds is 0. The smallest absolute Gasteiger partial charge is 0.302 e. The van der Waals surface area contributed by atoms with E-state index in [9.17, 15) is 9.59 Å². The Balaban J connectivity index is 3.59. The second kappa shape index (κ2) is 2.30. The maximum atomic E-state index is 10.6. The van der Waals surface area contributed by atoms with E-state index in [0.29, 0.717) is 0 Å². The number of hydrogen-bond donors (Lipinski definition) is 1. The Bertz CT molecular complexity index is 320. The monoisotopic (exact) mass is 160 g/mol. The van der Waals surface area contributed by atoms with Crippen molar-refractivity contribution >= 4 is 11.6 Å². The first kappa shape index (κ1) is 7.08. The molecule has 0 aliphatic rings. The fraction of sp³-hybridized carbons (Fsp3) is 0.200. The number of aromatic nitrogens is 2. The van der Waals surface area contributed by atoms with E-state index in [1.54, 1.807) is 0 Å². The van der Waals surface area contributed by atoms with Crippen LogP contribution in [-0.4, -0.2) is 9.55 Å². The molecule has 1 aromatic rings. The predicted molar refractivity (Wildman–Crippen MR) is 37.3 cm³/mol. The van der Waals surface area contributed by atoms with Gasteiger partial charge in [-0.25, -0.2) is 4.79 Å². The van der Waals surface area contributed by atoms with Crippen molar-refractivity contribution in [2.24, 2.45) is 7.05 Å². The van der Waals surface area contributed by atoms with Gasteiger partial charge in [-0.15, -0.1) is 0 Å². The van der Waals surface area contributed by atoms with E-state index in [1.165, 1.54) is 17.8 Å². The molecule has 1 N–H and O–H groups in total. The highest BCUT2D eigenvalue weighted by atomic mass is 35.5. The van der Waals surface area contributed by atoms with Crippen molar-refractivity contribution in [3.63, 3.8) is 0 Å². The molecule has 10 heavy (non-hydrogen) atoms. The van der Waals surface area contributed by atoms with Gasteiger partial charge in [-0.3, -0.25) is 9.78 Å². The lowest BCUT2D eigenvalue weighted by Crippen LogP contribution is -2.27. The Hall–Kier alpha value is -1.03. The molecule has 4 nitrogen and oxygen atoms in total. The SMILES string of the molecule is Cn1cc(Cl)c(=O)[nH]c1=O. The fourth-order valence-corrected chi connectivity index (χ4v) is 0.726. The Morgan fingerprint density at radius 1 is 1.60 bits per heavy atom. The molecule has 0 saturated heterocycles. The largest absolute Gasteiger partial charge is 0.328 e. The average molecular weight is 161 g/mol. The number of nitrogens with one attached hydrogen (secondary N) is 1. The van der Waals surface area contributed by atoms with Crippen LogP contribution in [0.4, 0.5) is 0 Å². The summed E-state index contributed by atoms with van der Waals surface area (Å²) in [7, 11) is 1.50. The average Bonchev–Trinajstić information content (AvgIpc) is 1.84. The lowest BCUT2D eigenvalue weighted by atomic mass is 10.6. The summed E-state index contributed by atoms with van der Waals surface area (Å²) in [5.41, 5.74) is -1.01. The van der Waals surface area contributed by atoms with Crippen LogP contribution in [0.25, 0.3) is 0 Å². The molecular weight excluding hydrogens is 156 g/mol. The minimum Gasteiger partial charge on any atom is -0.302 e. The number of H-pyrrole nitrogens is 1. The van der Waals surface area contributed by atoms with Gasteiger partial charge in [0.25, 0.3) is 5.56 Å². The first-order chi connectivity index (χ1) is 4.61. The normalized spacial score (nSPS) is 9.80. The Morgan fingerprint density at radius 3 is 2.70 bits per heavy atom. The van der Waals surface area contributed by atoms with Crippen LogP contribution in [0.3, 0.4) is 0 Å². The fourth-order valence-electron chi connectivity index (χ4n) is 0.532. The molecule has 0 amide bonds. The van der Waals surface area contributed by atoms with Crippen molar-refractivity contribution < 1.29 is 0 Å². The highest BCUT2D eigenvalue weighted by molar-refractivity contribution is 6.30. The summed E-state index contributed by atoms with van der Waals surface area (Å²) in [5.74, 6) is 0. The van der Waals surface area contributed by atoms with Crippen LogP contribution in [0.1, 0.15) is 0 Å². The standard InChI is InChI=1S/C5H5ClN2O2/c1-8-2-3(6)4(9)7-5(8)10/h2H,1H3,(H,7,9,10). The maximum Gasteiger partial charge on any atom is 0.328 e. The Kier molecular flexibility index (Phi) is 1.63. The molecular formula is C5H5ClN2O2.